The minimum Gasteiger partial charge on any atom is -0.450 e. The number of amides is 1. The van der Waals surface area contributed by atoms with Gasteiger partial charge in [0.1, 0.15) is 5.76 Å². The molecule has 34 heavy (non-hydrogen) atoms. The number of non-ortho nitro benzene ring substituents is 1. The van der Waals surface area contributed by atoms with Crippen LogP contribution in [0, 0.1) is 24.0 Å². The van der Waals surface area contributed by atoms with Crippen molar-refractivity contribution in [1.82, 2.24) is 10.3 Å². The molecule has 0 aliphatic carbocycles. The number of benzene rings is 2. The summed E-state index contributed by atoms with van der Waals surface area (Å²) in [4.78, 5) is 32.4. The van der Waals surface area contributed by atoms with E-state index in [-0.39, 0.29) is 11.6 Å². The lowest BCUT2D eigenvalue weighted by atomic mass is 10.1. The van der Waals surface area contributed by atoms with Gasteiger partial charge in [0.2, 0.25) is 0 Å². The molecule has 0 unspecified atom stereocenters. The number of aryl methyl sites for hydroxylation is 2. The van der Waals surface area contributed by atoms with Crippen LogP contribution in [-0.2, 0) is 4.79 Å². The van der Waals surface area contributed by atoms with E-state index in [0.29, 0.717) is 30.8 Å². The third-order valence-corrected chi connectivity index (χ3v) is 7.91. The highest BCUT2D eigenvalue weighted by Gasteiger charge is 2.24. The Labute approximate surface area is 206 Å². The van der Waals surface area contributed by atoms with Crippen LogP contribution < -0.4 is 5.32 Å². The topological polar surface area (TPSA) is 111 Å². The van der Waals surface area contributed by atoms with Crippen molar-refractivity contribution in [2.24, 2.45) is 4.99 Å². The average Bonchev–Trinajstić information content (AvgIpc) is 3.49. The molecule has 3 heterocycles. The molecule has 11 heteroatoms. The van der Waals surface area contributed by atoms with E-state index in [9.17, 15) is 14.9 Å². The van der Waals surface area contributed by atoms with E-state index >= 15 is 0 Å². The zero-order valence-corrected chi connectivity index (χ0v) is 20.3. The molecule has 5 rings (SSSR count). The number of thioether (sulfide) groups is 1. The second-order valence-corrected chi connectivity index (χ2v) is 10.7. The Morgan fingerprint density at radius 3 is 2.79 bits per heavy atom. The Bertz CT molecular complexity index is 1520. The minimum atomic E-state index is -0.423. The number of nitrogens with one attached hydrogen (secondary N) is 1. The van der Waals surface area contributed by atoms with Gasteiger partial charge in [0.15, 0.2) is 14.6 Å². The number of hydrogen-bond donors (Lipinski definition) is 1. The summed E-state index contributed by atoms with van der Waals surface area (Å²) in [6.45, 7) is 4.06. The third-order valence-electron chi connectivity index (χ3n) is 5.00. The predicted molar refractivity (Wildman–Crippen MR) is 136 cm³/mol. The van der Waals surface area contributed by atoms with Crippen molar-refractivity contribution < 1.29 is 14.1 Å². The number of nitro benzene ring substituents is 1. The predicted octanol–water partition coefficient (Wildman–Crippen LogP) is 6.46. The summed E-state index contributed by atoms with van der Waals surface area (Å²) < 4.78 is 7.29. The van der Waals surface area contributed by atoms with E-state index in [0.717, 1.165) is 16.0 Å². The number of amidine groups is 1. The number of thiazole rings is 1. The molecule has 1 aliphatic rings. The van der Waals surface area contributed by atoms with Crippen LogP contribution in [0.4, 0.5) is 11.4 Å². The first kappa shape index (κ1) is 22.4. The van der Waals surface area contributed by atoms with Gasteiger partial charge >= 0.3 is 0 Å². The first-order valence-corrected chi connectivity index (χ1v) is 12.5. The Kier molecular flexibility index (Phi) is 5.98. The van der Waals surface area contributed by atoms with E-state index in [1.165, 1.54) is 52.6 Å². The van der Waals surface area contributed by atoms with Gasteiger partial charge < -0.3 is 9.73 Å². The standard InChI is InChI=1S/C23H16N4O4S3/c1-12-3-4-14(9-13(12)2)24-22-26-21(28)19(32-22)11-16-6-8-20(31-16)34-23-25-17-7-5-15(27(29)30)10-18(17)33-23/h3-11H,1-2H3,(H,24,26,28)/b19-11-. The molecule has 1 aliphatic heterocycles. The minimum absolute atomic E-state index is 0.0346. The average molecular weight is 509 g/mol. The number of aliphatic imine (C=N–C) groups is 1. The molecule has 1 saturated heterocycles. The van der Waals surface area contributed by atoms with Gasteiger partial charge in [-0.25, -0.2) is 9.98 Å². The molecule has 0 radical (unpaired) electrons. The van der Waals surface area contributed by atoms with Crippen molar-refractivity contribution in [2.45, 2.75) is 23.3 Å². The summed E-state index contributed by atoms with van der Waals surface area (Å²) >= 11 is 3.94. The van der Waals surface area contributed by atoms with E-state index in [1.54, 1.807) is 24.3 Å². The van der Waals surface area contributed by atoms with Crippen LogP contribution in [0.2, 0.25) is 0 Å². The summed E-state index contributed by atoms with van der Waals surface area (Å²) in [5.41, 5.74) is 3.84. The van der Waals surface area contributed by atoms with Gasteiger partial charge in [-0.2, -0.15) is 0 Å². The van der Waals surface area contributed by atoms with E-state index in [4.69, 9.17) is 4.42 Å². The van der Waals surface area contributed by atoms with E-state index < -0.39 is 4.92 Å². The van der Waals surface area contributed by atoms with Crippen LogP contribution in [-0.4, -0.2) is 21.0 Å². The number of carbonyl (C=O) groups is 1. The lowest BCUT2D eigenvalue weighted by Crippen LogP contribution is -2.19. The van der Waals surface area contributed by atoms with Crippen LogP contribution in [0.1, 0.15) is 16.9 Å². The number of aromatic nitrogens is 1. The SMILES string of the molecule is Cc1ccc(N=C2NC(=O)/C(=C/c3ccc(Sc4nc5ccc([N+](=O)[O-])cc5s4)o3)S2)cc1C. The monoisotopic (exact) mass is 508 g/mol. The number of carbonyl (C=O) groups excluding carboxylic acids is 1. The molecule has 0 spiro atoms. The largest absolute Gasteiger partial charge is 0.450 e. The molecular weight excluding hydrogens is 492 g/mol. The second-order valence-electron chi connectivity index (χ2n) is 7.40. The summed E-state index contributed by atoms with van der Waals surface area (Å²) in [7, 11) is 0. The number of nitro groups is 1. The summed E-state index contributed by atoms with van der Waals surface area (Å²) in [6.07, 6.45) is 1.68. The van der Waals surface area contributed by atoms with Crippen molar-refractivity contribution in [3.8, 4) is 0 Å². The van der Waals surface area contributed by atoms with Crippen LogP contribution in [0.5, 0.6) is 0 Å². The van der Waals surface area contributed by atoms with Crippen LogP contribution in [0.15, 0.2) is 72.3 Å². The van der Waals surface area contributed by atoms with Gasteiger partial charge in [-0.3, -0.25) is 14.9 Å². The molecule has 4 aromatic rings. The zero-order chi connectivity index (χ0) is 23.8. The van der Waals surface area contributed by atoms with Gasteiger partial charge in [0.25, 0.3) is 11.6 Å². The van der Waals surface area contributed by atoms with Crippen molar-refractivity contribution in [2.75, 3.05) is 0 Å². The number of fused-ring (bicyclic) bond motifs is 1. The first-order chi connectivity index (χ1) is 16.3. The highest BCUT2D eigenvalue weighted by atomic mass is 32.2. The van der Waals surface area contributed by atoms with Gasteiger partial charge in [0, 0.05) is 18.2 Å². The fourth-order valence-corrected chi connectivity index (χ4v) is 5.95. The Morgan fingerprint density at radius 2 is 2.00 bits per heavy atom. The van der Waals surface area contributed by atoms with Crippen molar-refractivity contribution >= 4 is 73.6 Å². The lowest BCUT2D eigenvalue weighted by molar-refractivity contribution is -0.384. The zero-order valence-electron chi connectivity index (χ0n) is 17.9. The maximum absolute atomic E-state index is 12.4. The van der Waals surface area contributed by atoms with E-state index in [2.05, 4.69) is 15.3 Å². The summed E-state index contributed by atoms with van der Waals surface area (Å²) in [5, 5.41) is 14.9. The Morgan fingerprint density at radius 1 is 1.15 bits per heavy atom. The molecule has 2 aromatic heterocycles. The second kappa shape index (κ2) is 9.09. The summed E-state index contributed by atoms with van der Waals surface area (Å²) in [6, 6.07) is 14.1. The molecule has 1 fully saturated rings. The summed E-state index contributed by atoms with van der Waals surface area (Å²) in [5.74, 6) is 0.301. The third kappa shape index (κ3) is 4.76. The molecule has 170 valence electrons. The molecule has 0 saturated carbocycles. The van der Waals surface area contributed by atoms with Crippen LogP contribution in [0.3, 0.4) is 0 Å². The van der Waals surface area contributed by atoms with Crippen molar-refractivity contribution in [3.63, 3.8) is 0 Å². The maximum Gasteiger partial charge on any atom is 0.270 e. The van der Waals surface area contributed by atoms with E-state index in [1.807, 2.05) is 32.0 Å². The number of nitrogens with zero attached hydrogens (tertiary/aromatic N) is 3. The molecule has 8 nitrogen and oxygen atoms in total. The van der Waals surface area contributed by atoms with Gasteiger partial charge in [-0.1, -0.05) is 6.07 Å². The van der Waals surface area contributed by atoms with Gasteiger partial charge in [-0.05, 0) is 78.8 Å². The number of rotatable bonds is 5. The number of hydrogen-bond acceptors (Lipinski definition) is 9. The highest BCUT2D eigenvalue weighted by Crippen LogP contribution is 2.37. The van der Waals surface area contributed by atoms with Crippen LogP contribution in [0.25, 0.3) is 16.3 Å². The Hall–Kier alpha value is -3.41. The normalized spacial score (nSPS) is 16.0. The smallest absolute Gasteiger partial charge is 0.270 e. The lowest BCUT2D eigenvalue weighted by Gasteiger charge is -2.01. The molecule has 0 atom stereocenters. The molecule has 1 amide bonds. The fourth-order valence-electron chi connectivity index (χ4n) is 3.12. The molecule has 0 bridgehead atoms. The first-order valence-electron chi connectivity index (χ1n) is 10.0. The Balaban J connectivity index is 1.30. The molecular formula is C23H16N4O4S3. The fraction of sp³-hybridized carbons (Fsp3) is 0.0870. The number of furan rings is 1. The van der Waals surface area contributed by atoms with Gasteiger partial charge in [0.05, 0.1) is 25.7 Å². The quantitative estimate of drug-likeness (QED) is 0.187. The van der Waals surface area contributed by atoms with Crippen LogP contribution >= 0.6 is 34.9 Å². The highest BCUT2D eigenvalue weighted by molar-refractivity contribution is 8.18. The van der Waals surface area contributed by atoms with Crippen molar-refractivity contribution in [3.05, 3.63) is 80.4 Å². The van der Waals surface area contributed by atoms with Crippen molar-refractivity contribution in [1.29, 1.82) is 0 Å². The van der Waals surface area contributed by atoms with Gasteiger partial charge in [-0.15, -0.1) is 11.3 Å². The molecule has 1 N–H and O–H groups in total. The maximum atomic E-state index is 12.4. The molecule has 2 aromatic carbocycles.